The molecule has 1 amide bonds. The number of ether oxygens (including phenoxy) is 1. The predicted molar refractivity (Wildman–Crippen MR) is 60.4 cm³/mol. The zero-order valence-corrected chi connectivity index (χ0v) is 9.68. The molecule has 0 spiro atoms. The number of amides is 1. The van der Waals surface area contributed by atoms with Gasteiger partial charge in [-0.15, -0.1) is 0 Å². The molecule has 1 saturated carbocycles. The van der Waals surface area contributed by atoms with Crippen molar-refractivity contribution < 1.29 is 9.53 Å². The summed E-state index contributed by atoms with van der Waals surface area (Å²) in [7, 11) is 0. The molecule has 2 N–H and O–H groups in total. The van der Waals surface area contributed by atoms with Crippen LogP contribution in [0.15, 0.2) is 0 Å². The Labute approximate surface area is 94.7 Å². The summed E-state index contributed by atoms with van der Waals surface area (Å²) in [5, 5.41) is 0. The Balaban J connectivity index is 2.10. The molecule has 4 nitrogen and oxygen atoms in total. The predicted octanol–water partition coefficient (Wildman–Crippen LogP) is 0.300. The van der Waals surface area contributed by atoms with Crippen molar-refractivity contribution >= 4 is 23.1 Å². The van der Waals surface area contributed by atoms with Crippen molar-refractivity contribution in [3.05, 3.63) is 0 Å². The molecule has 0 bridgehead atoms. The second-order valence-electron chi connectivity index (χ2n) is 4.37. The Morgan fingerprint density at radius 1 is 1.60 bits per heavy atom. The van der Waals surface area contributed by atoms with Crippen LogP contribution in [0.4, 0.5) is 0 Å². The number of hydrogen-bond donors (Lipinski definition) is 1. The minimum absolute atomic E-state index is 0.103. The number of carbonyl (C=O) groups is 1. The van der Waals surface area contributed by atoms with E-state index in [9.17, 15) is 4.79 Å². The summed E-state index contributed by atoms with van der Waals surface area (Å²) in [4.78, 5) is 14.4. The minimum atomic E-state index is -0.513. The molecule has 2 rings (SSSR count). The van der Waals surface area contributed by atoms with Crippen LogP contribution in [0.1, 0.15) is 19.8 Å². The molecule has 2 fully saturated rings. The third-order valence-corrected chi connectivity index (χ3v) is 3.65. The lowest BCUT2D eigenvalue weighted by Gasteiger charge is -2.35. The highest BCUT2D eigenvalue weighted by Crippen LogP contribution is 2.47. The number of hydrogen-bond acceptors (Lipinski definition) is 3. The average molecular weight is 228 g/mol. The van der Waals surface area contributed by atoms with E-state index >= 15 is 0 Å². The van der Waals surface area contributed by atoms with Crippen LogP contribution in [0.5, 0.6) is 0 Å². The van der Waals surface area contributed by atoms with Crippen molar-refractivity contribution in [3.8, 4) is 0 Å². The first-order valence-corrected chi connectivity index (χ1v) is 5.67. The molecule has 0 radical (unpaired) electrons. The summed E-state index contributed by atoms with van der Waals surface area (Å²) >= 11 is 4.98. The van der Waals surface area contributed by atoms with Gasteiger partial charge in [0.1, 0.15) is 0 Å². The van der Waals surface area contributed by atoms with Crippen molar-refractivity contribution in [2.45, 2.75) is 25.8 Å². The van der Waals surface area contributed by atoms with Gasteiger partial charge >= 0.3 is 0 Å². The van der Waals surface area contributed by atoms with Crippen LogP contribution in [-0.2, 0) is 9.53 Å². The van der Waals surface area contributed by atoms with E-state index in [0.717, 1.165) is 12.8 Å². The lowest BCUT2D eigenvalue weighted by Crippen LogP contribution is -2.52. The summed E-state index contributed by atoms with van der Waals surface area (Å²) in [6.07, 6.45) is 1.62. The zero-order chi connectivity index (χ0) is 11.1. The van der Waals surface area contributed by atoms with E-state index in [1.165, 1.54) is 0 Å². The van der Waals surface area contributed by atoms with Crippen LogP contribution in [0.25, 0.3) is 0 Å². The van der Waals surface area contributed by atoms with Gasteiger partial charge in [-0.2, -0.15) is 0 Å². The Hall–Kier alpha value is -0.680. The van der Waals surface area contributed by atoms with Gasteiger partial charge in [0.05, 0.1) is 29.7 Å². The number of morpholine rings is 1. The Bertz CT molecular complexity index is 302. The molecule has 5 heteroatoms. The summed E-state index contributed by atoms with van der Waals surface area (Å²) in [6.45, 7) is 3.87. The molecule has 1 aliphatic carbocycles. The highest BCUT2D eigenvalue weighted by atomic mass is 32.1. The van der Waals surface area contributed by atoms with Crippen LogP contribution in [-0.4, -0.2) is 41.6 Å². The van der Waals surface area contributed by atoms with Crippen LogP contribution < -0.4 is 5.73 Å². The maximum Gasteiger partial charge on any atom is 0.236 e. The molecular weight excluding hydrogens is 212 g/mol. The van der Waals surface area contributed by atoms with Crippen LogP contribution in [0.2, 0.25) is 0 Å². The van der Waals surface area contributed by atoms with Crippen molar-refractivity contribution in [2.75, 3.05) is 19.8 Å². The lowest BCUT2D eigenvalue weighted by molar-refractivity contribution is -0.142. The second kappa shape index (κ2) is 3.72. The zero-order valence-electron chi connectivity index (χ0n) is 8.86. The third kappa shape index (κ3) is 1.74. The highest BCUT2D eigenvalue weighted by molar-refractivity contribution is 7.80. The molecule has 1 atom stereocenters. The summed E-state index contributed by atoms with van der Waals surface area (Å²) < 4.78 is 5.30. The summed E-state index contributed by atoms with van der Waals surface area (Å²) in [6, 6.07) is 0.137. The first-order valence-electron chi connectivity index (χ1n) is 5.27. The van der Waals surface area contributed by atoms with Gasteiger partial charge in [-0.05, 0) is 19.8 Å². The van der Waals surface area contributed by atoms with E-state index in [4.69, 9.17) is 22.7 Å². The van der Waals surface area contributed by atoms with Gasteiger partial charge in [0, 0.05) is 6.54 Å². The van der Waals surface area contributed by atoms with Crippen LogP contribution >= 0.6 is 12.2 Å². The first-order chi connectivity index (χ1) is 7.08. The Kier molecular flexibility index (Phi) is 2.68. The maximum absolute atomic E-state index is 12.2. The molecule has 1 saturated heterocycles. The second-order valence-corrected chi connectivity index (χ2v) is 4.81. The number of rotatable bonds is 2. The van der Waals surface area contributed by atoms with Gasteiger partial charge in [0.25, 0.3) is 0 Å². The van der Waals surface area contributed by atoms with Gasteiger partial charge in [0.15, 0.2) is 0 Å². The first kappa shape index (κ1) is 10.8. The smallest absolute Gasteiger partial charge is 0.236 e. The molecular formula is C10H16N2O2S. The maximum atomic E-state index is 12.2. The molecule has 84 valence electrons. The standard InChI is InChI=1S/C10H16N2O2S/c1-7-6-14-5-4-12(7)9(13)10(2-3-10)8(11)15/h7H,2-6H2,1H3,(H2,11,15). The van der Waals surface area contributed by atoms with Gasteiger partial charge in [-0.3, -0.25) is 4.79 Å². The Morgan fingerprint density at radius 2 is 2.27 bits per heavy atom. The van der Waals surface area contributed by atoms with E-state index in [2.05, 4.69) is 0 Å². The molecule has 0 aromatic heterocycles. The van der Waals surface area contributed by atoms with Crippen molar-refractivity contribution in [1.29, 1.82) is 0 Å². The average Bonchev–Trinajstić information content (AvgIpc) is 2.98. The number of carbonyl (C=O) groups excluding carboxylic acids is 1. The number of thiocarbonyl (C=S) groups is 1. The van der Waals surface area contributed by atoms with E-state index < -0.39 is 5.41 Å². The van der Waals surface area contributed by atoms with Crippen LogP contribution in [0, 0.1) is 5.41 Å². The number of nitrogens with two attached hydrogens (primary N) is 1. The monoisotopic (exact) mass is 228 g/mol. The Morgan fingerprint density at radius 3 is 2.73 bits per heavy atom. The van der Waals surface area contributed by atoms with E-state index in [1.54, 1.807) is 0 Å². The molecule has 15 heavy (non-hydrogen) atoms. The lowest BCUT2D eigenvalue weighted by atomic mass is 10.0. The quantitative estimate of drug-likeness (QED) is 0.691. The van der Waals surface area contributed by atoms with Gasteiger partial charge in [0.2, 0.25) is 5.91 Å². The molecule has 2 aliphatic rings. The molecule has 1 unspecified atom stereocenters. The van der Waals surface area contributed by atoms with Crippen LogP contribution in [0.3, 0.4) is 0 Å². The van der Waals surface area contributed by atoms with Crippen molar-refractivity contribution in [1.82, 2.24) is 4.90 Å². The van der Waals surface area contributed by atoms with E-state index in [0.29, 0.717) is 24.7 Å². The fraction of sp³-hybridized carbons (Fsp3) is 0.800. The van der Waals surface area contributed by atoms with Crippen molar-refractivity contribution in [2.24, 2.45) is 11.1 Å². The third-order valence-electron chi connectivity index (χ3n) is 3.26. The van der Waals surface area contributed by atoms with Gasteiger partial charge in [-0.25, -0.2) is 0 Å². The fourth-order valence-corrected chi connectivity index (χ4v) is 2.29. The normalized spacial score (nSPS) is 28.6. The molecule has 0 aromatic carbocycles. The SMILES string of the molecule is CC1COCCN1C(=O)C1(C(N)=S)CC1. The van der Waals surface area contributed by atoms with E-state index in [-0.39, 0.29) is 11.9 Å². The molecule has 0 aromatic rings. The largest absolute Gasteiger partial charge is 0.392 e. The summed E-state index contributed by atoms with van der Waals surface area (Å²) in [5.74, 6) is 0.103. The minimum Gasteiger partial charge on any atom is -0.392 e. The molecule has 1 aliphatic heterocycles. The number of nitrogens with zero attached hydrogens (tertiary/aromatic N) is 1. The van der Waals surface area contributed by atoms with Gasteiger partial charge in [-0.1, -0.05) is 12.2 Å². The van der Waals surface area contributed by atoms with Gasteiger partial charge < -0.3 is 15.4 Å². The fourth-order valence-electron chi connectivity index (χ4n) is 1.99. The highest BCUT2D eigenvalue weighted by Gasteiger charge is 2.55. The van der Waals surface area contributed by atoms with Crippen molar-refractivity contribution in [3.63, 3.8) is 0 Å². The van der Waals surface area contributed by atoms with E-state index in [1.807, 2.05) is 11.8 Å². The molecule has 1 heterocycles. The summed E-state index contributed by atoms with van der Waals surface area (Å²) in [5.41, 5.74) is 5.13. The topological polar surface area (TPSA) is 55.6 Å².